The van der Waals surface area contributed by atoms with E-state index in [1.54, 1.807) is 12.1 Å². The molecule has 82 valence electrons. The third-order valence-electron chi connectivity index (χ3n) is 2.04. The summed E-state index contributed by atoms with van der Waals surface area (Å²) >= 11 is 3.29. The van der Waals surface area contributed by atoms with Crippen LogP contribution in [-0.2, 0) is 0 Å². The maximum atomic E-state index is 13.2. The van der Waals surface area contributed by atoms with Crippen LogP contribution in [-0.4, -0.2) is 17.3 Å². The molecule has 1 N–H and O–H groups in total. The molecule has 1 rings (SSSR count). The minimum Gasteiger partial charge on any atom is -0.349 e. The van der Waals surface area contributed by atoms with Crippen LogP contribution in [0.2, 0.25) is 0 Å². The van der Waals surface area contributed by atoms with Gasteiger partial charge in [0, 0.05) is 11.4 Å². The Hall–Kier alpha value is -0.900. The second-order valence-electron chi connectivity index (χ2n) is 3.33. The van der Waals surface area contributed by atoms with Crippen molar-refractivity contribution in [3.8, 4) is 0 Å². The van der Waals surface area contributed by atoms with E-state index < -0.39 is 5.82 Å². The van der Waals surface area contributed by atoms with Gasteiger partial charge in [-0.3, -0.25) is 4.79 Å². The second-order valence-corrected chi connectivity index (χ2v) is 4.13. The number of nitrogens with one attached hydrogen (secondary N) is 1. The molecule has 1 unspecified atom stereocenters. The quantitative estimate of drug-likeness (QED) is 0.840. The Kier molecular flexibility index (Phi) is 4.75. The van der Waals surface area contributed by atoms with Crippen molar-refractivity contribution < 1.29 is 9.18 Å². The van der Waals surface area contributed by atoms with Gasteiger partial charge in [-0.25, -0.2) is 4.39 Å². The lowest BCUT2D eigenvalue weighted by atomic mass is 10.2. The molecule has 0 saturated carbocycles. The van der Waals surface area contributed by atoms with Gasteiger partial charge in [-0.15, -0.1) is 0 Å². The Morgan fingerprint density at radius 3 is 2.80 bits per heavy atom. The third kappa shape index (κ3) is 3.63. The lowest BCUT2D eigenvalue weighted by Gasteiger charge is -2.12. The normalized spacial score (nSPS) is 12.2. The summed E-state index contributed by atoms with van der Waals surface area (Å²) in [7, 11) is 0. The van der Waals surface area contributed by atoms with E-state index in [1.165, 1.54) is 12.1 Å². The van der Waals surface area contributed by atoms with E-state index in [0.29, 0.717) is 0 Å². The number of carbonyl (C=O) groups excluding carboxylic acids is 1. The molecule has 0 saturated heterocycles. The predicted octanol–water partition coefficient (Wildman–Crippen LogP) is 2.73. The lowest BCUT2D eigenvalue weighted by Crippen LogP contribution is -2.33. The van der Waals surface area contributed by atoms with Gasteiger partial charge in [0.1, 0.15) is 5.82 Å². The summed E-state index contributed by atoms with van der Waals surface area (Å²) in [6.45, 7) is 1.89. The molecule has 0 fully saturated rings. The van der Waals surface area contributed by atoms with Crippen molar-refractivity contribution in [1.82, 2.24) is 5.32 Å². The molecule has 1 aromatic rings. The monoisotopic (exact) mass is 273 g/mol. The average Bonchev–Trinajstić information content (AvgIpc) is 2.18. The zero-order valence-electron chi connectivity index (χ0n) is 8.47. The molecule has 1 aromatic carbocycles. The zero-order chi connectivity index (χ0) is 11.3. The molecule has 0 aliphatic heterocycles. The molecule has 0 radical (unpaired) electrons. The van der Waals surface area contributed by atoms with Gasteiger partial charge in [0.25, 0.3) is 5.91 Å². The van der Waals surface area contributed by atoms with E-state index in [9.17, 15) is 9.18 Å². The van der Waals surface area contributed by atoms with E-state index in [0.717, 1.165) is 11.8 Å². The fraction of sp³-hybridized carbons (Fsp3) is 0.364. The number of hydrogen-bond donors (Lipinski definition) is 1. The van der Waals surface area contributed by atoms with Crippen LogP contribution in [0.4, 0.5) is 4.39 Å². The van der Waals surface area contributed by atoms with E-state index in [4.69, 9.17) is 0 Å². The lowest BCUT2D eigenvalue weighted by molar-refractivity contribution is 0.0935. The van der Waals surface area contributed by atoms with Gasteiger partial charge in [0.05, 0.1) is 5.56 Å². The van der Waals surface area contributed by atoms with Crippen LogP contribution in [0.5, 0.6) is 0 Å². The van der Waals surface area contributed by atoms with E-state index in [2.05, 4.69) is 21.2 Å². The molecule has 2 nitrogen and oxygen atoms in total. The summed E-state index contributed by atoms with van der Waals surface area (Å²) in [6.07, 6.45) is 0.820. The predicted molar refractivity (Wildman–Crippen MR) is 61.7 cm³/mol. The number of benzene rings is 1. The molecule has 15 heavy (non-hydrogen) atoms. The minimum absolute atomic E-state index is 0.0384. The smallest absolute Gasteiger partial charge is 0.254 e. The van der Waals surface area contributed by atoms with E-state index in [1.807, 2.05) is 6.92 Å². The second kappa shape index (κ2) is 5.85. The van der Waals surface area contributed by atoms with Crippen LogP contribution in [0, 0.1) is 5.82 Å². The highest BCUT2D eigenvalue weighted by Gasteiger charge is 2.12. The van der Waals surface area contributed by atoms with Crippen LogP contribution < -0.4 is 5.32 Å². The first kappa shape index (κ1) is 12.2. The summed E-state index contributed by atoms with van der Waals surface area (Å²) < 4.78 is 13.2. The van der Waals surface area contributed by atoms with Crippen molar-refractivity contribution in [1.29, 1.82) is 0 Å². The first-order chi connectivity index (χ1) is 7.15. The van der Waals surface area contributed by atoms with Crippen LogP contribution in [0.1, 0.15) is 23.7 Å². The molecular formula is C11H13BrFNO. The zero-order valence-corrected chi connectivity index (χ0v) is 10.1. The molecule has 0 bridgehead atoms. The molecule has 0 spiro atoms. The Morgan fingerprint density at radius 2 is 2.20 bits per heavy atom. The molecule has 0 aliphatic carbocycles. The number of halogens is 2. The van der Waals surface area contributed by atoms with Crippen LogP contribution in [0.3, 0.4) is 0 Å². The largest absolute Gasteiger partial charge is 0.349 e. The average molecular weight is 274 g/mol. The molecule has 0 heterocycles. The highest BCUT2D eigenvalue weighted by Crippen LogP contribution is 2.06. The fourth-order valence-corrected chi connectivity index (χ4v) is 1.87. The van der Waals surface area contributed by atoms with Crippen molar-refractivity contribution in [3.05, 3.63) is 35.6 Å². The van der Waals surface area contributed by atoms with Crippen molar-refractivity contribution in [2.24, 2.45) is 0 Å². The molecule has 4 heteroatoms. The van der Waals surface area contributed by atoms with Crippen molar-refractivity contribution in [2.75, 3.05) is 5.33 Å². The molecule has 1 amide bonds. The molecular weight excluding hydrogens is 261 g/mol. The van der Waals surface area contributed by atoms with E-state index in [-0.39, 0.29) is 17.5 Å². The van der Waals surface area contributed by atoms with Crippen molar-refractivity contribution in [3.63, 3.8) is 0 Å². The third-order valence-corrected chi connectivity index (χ3v) is 2.50. The standard InChI is InChI=1S/C11H13BrFNO/c1-8(6-7-12)14-11(15)9-4-2-3-5-10(9)13/h2-5,8H,6-7H2,1H3,(H,14,15). The van der Waals surface area contributed by atoms with E-state index >= 15 is 0 Å². The summed E-state index contributed by atoms with van der Waals surface area (Å²) in [6, 6.07) is 6.01. The number of alkyl halides is 1. The highest BCUT2D eigenvalue weighted by molar-refractivity contribution is 9.09. The van der Waals surface area contributed by atoms with Crippen molar-refractivity contribution in [2.45, 2.75) is 19.4 Å². The van der Waals surface area contributed by atoms with Gasteiger partial charge in [-0.2, -0.15) is 0 Å². The fourth-order valence-electron chi connectivity index (χ4n) is 1.18. The summed E-state index contributed by atoms with van der Waals surface area (Å²) in [5, 5.41) is 3.54. The first-order valence-electron chi connectivity index (χ1n) is 4.76. The topological polar surface area (TPSA) is 29.1 Å². The number of rotatable bonds is 4. The number of hydrogen-bond acceptors (Lipinski definition) is 1. The molecule has 0 aliphatic rings. The first-order valence-corrected chi connectivity index (χ1v) is 5.88. The highest BCUT2D eigenvalue weighted by atomic mass is 79.9. The van der Waals surface area contributed by atoms with Gasteiger partial charge >= 0.3 is 0 Å². The summed E-state index contributed by atoms with van der Waals surface area (Å²) in [5.41, 5.74) is 0.0962. The van der Waals surface area contributed by atoms with Gasteiger partial charge in [-0.1, -0.05) is 28.1 Å². The van der Waals surface area contributed by atoms with Gasteiger partial charge < -0.3 is 5.32 Å². The Labute approximate surface area is 97.0 Å². The van der Waals surface area contributed by atoms with Crippen LogP contribution in [0.25, 0.3) is 0 Å². The summed E-state index contributed by atoms with van der Waals surface area (Å²) in [5.74, 6) is -0.845. The van der Waals surface area contributed by atoms with Gasteiger partial charge in [0.15, 0.2) is 0 Å². The molecule has 1 atom stereocenters. The Bertz CT molecular complexity index is 343. The Morgan fingerprint density at radius 1 is 1.53 bits per heavy atom. The maximum absolute atomic E-state index is 13.2. The Balaban J connectivity index is 2.65. The van der Waals surface area contributed by atoms with Crippen molar-refractivity contribution >= 4 is 21.8 Å². The maximum Gasteiger partial charge on any atom is 0.254 e. The number of carbonyl (C=O) groups is 1. The van der Waals surface area contributed by atoms with Crippen LogP contribution >= 0.6 is 15.9 Å². The van der Waals surface area contributed by atoms with Gasteiger partial charge in [0.2, 0.25) is 0 Å². The molecule has 0 aromatic heterocycles. The summed E-state index contributed by atoms with van der Waals surface area (Å²) in [4.78, 5) is 11.6. The SMILES string of the molecule is CC(CCBr)NC(=O)c1ccccc1F. The minimum atomic E-state index is -0.485. The number of amides is 1. The van der Waals surface area contributed by atoms with Gasteiger partial charge in [-0.05, 0) is 25.5 Å². The van der Waals surface area contributed by atoms with Crippen LogP contribution in [0.15, 0.2) is 24.3 Å².